The Morgan fingerprint density at radius 2 is 2.04 bits per heavy atom. The number of hydrogen-bond donors (Lipinski definition) is 1. The predicted molar refractivity (Wildman–Crippen MR) is 88.8 cm³/mol. The minimum atomic E-state index is -0.594. The number of anilines is 1. The van der Waals surface area contributed by atoms with E-state index in [0.717, 1.165) is 0 Å². The van der Waals surface area contributed by atoms with Gasteiger partial charge in [0.1, 0.15) is 0 Å². The van der Waals surface area contributed by atoms with Crippen molar-refractivity contribution in [1.82, 2.24) is 4.90 Å². The van der Waals surface area contributed by atoms with Gasteiger partial charge in [0.05, 0.1) is 0 Å². The van der Waals surface area contributed by atoms with E-state index in [1.54, 1.807) is 19.1 Å². The van der Waals surface area contributed by atoms with Crippen molar-refractivity contribution < 1.29 is 18.7 Å². The van der Waals surface area contributed by atoms with Crippen molar-refractivity contribution in [2.45, 2.75) is 13.0 Å². The molecular weight excluding hydrogens is 408 g/mol. The second-order valence-electron chi connectivity index (χ2n) is 5.77. The molecule has 2 amide bonds. The van der Waals surface area contributed by atoms with Gasteiger partial charge in [0.15, 0.2) is 0 Å². The Balaban J connectivity index is 0.000000593. The molecule has 0 spiro atoms. The van der Waals surface area contributed by atoms with E-state index in [0.29, 0.717) is 31.8 Å². The summed E-state index contributed by atoms with van der Waals surface area (Å²) in [7, 11) is 6.00. The Hall–Kier alpha value is -1.35. The molecule has 0 bridgehead atoms. The molecule has 8 heteroatoms. The maximum absolute atomic E-state index is 13.5. The summed E-state index contributed by atoms with van der Waals surface area (Å²) in [6.45, 7) is 1.80. The van der Waals surface area contributed by atoms with Gasteiger partial charge in [-0.15, -0.1) is 0 Å². The molecule has 1 saturated heterocycles. The molecule has 1 aliphatic heterocycles. The number of hydrogen-bond acceptors (Lipinski definition) is 4. The third-order valence-electron chi connectivity index (χ3n) is 3.14. The van der Waals surface area contributed by atoms with Gasteiger partial charge in [0, 0.05) is 0 Å². The minimum absolute atomic E-state index is 0.197. The van der Waals surface area contributed by atoms with Crippen LogP contribution in [0.1, 0.15) is 6.92 Å². The molecule has 2 atom stereocenters. The van der Waals surface area contributed by atoms with E-state index in [2.05, 4.69) is 0 Å². The molecule has 23 heavy (non-hydrogen) atoms. The summed E-state index contributed by atoms with van der Waals surface area (Å²) >= 11 is 0.669. The van der Waals surface area contributed by atoms with Crippen molar-refractivity contribution in [2.75, 3.05) is 32.6 Å². The Morgan fingerprint density at radius 3 is 2.52 bits per heavy atom. The second kappa shape index (κ2) is 8.49. The van der Waals surface area contributed by atoms with E-state index in [1.807, 2.05) is 26.0 Å². The van der Waals surface area contributed by atoms with Crippen LogP contribution in [0.2, 0.25) is 0 Å². The number of benzene rings is 1. The Kier molecular flexibility index (Phi) is 7.27. The average molecular weight is 430 g/mol. The van der Waals surface area contributed by atoms with E-state index >= 15 is 0 Å². The number of amides is 2. The van der Waals surface area contributed by atoms with E-state index in [1.165, 1.54) is 11.0 Å². The topological polar surface area (TPSA) is 75.9 Å². The molecule has 1 unspecified atom stereocenters. The standard InChI is InChI=1S/C12H12FN2O3.C3H9N.Sn.H/c1-7(11(14)16)10-6-15(12(17)18-10)9-4-2-3-8(13)5-9;1-4(2)3;;/h2,4-5,7,10H,6H2,1H3,(H2,14,16);1-3H3;;/t7-,10?;;;/m0.../s1. The molecule has 1 aromatic carbocycles. The van der Waals surface area contributed by atoms with E-state index in [-0.39, 0.29) is 12.4 Å². The summed E-state index contributed by atoms with van der Waals surface area (Å²) in [4.78, 5) is 26.1. The molecule has 0 aromatic heterocycles. The summed E-state index contributed by atoms with van der Waals surface area (Å²) < 4.78 is 19.2. The van der Waals surface area contributed by atoms with Crippen LogP contribution in [-0.2, 0) is 9.53 Å². The number of ether oxygens (including phenoxy) is 1. The Labute approximate surface area is 148 Å². The van der Waals surface area contributed by atoms with Crippen molar-refractivity contribution in [3.05, 3.63) is 24.0 Å². The van der Waals surface area contributed by atoms with Crippen LogP contribution in [0, 0.1) is 11.7 Å². The van der Waals surface area contributed by atoms with Gasteiger partial charge in [-0.05, 0) is 21.1 Å². The summed E-state index contributed by atoms with van der Waals surface area (Å²) in [5.74, 6) is -1.43. The van der Waals surface area contributed by atoms with Gasteiger partial charge < -0.3 is 4.90 Å². The number of nitrogens with two attached hydrogens (primary N) is 1. The predicted octanol–water partition coefficient (Wildman–Crippen LogP) is -0.0238. The van der Waals surface area contributed by atoms with Gasteiger partial charge in [-0.1, -0.05) is 0 Å². The van der Waals surface area contributed by atoms with E-state index < -0.39 is 24.0 Å². The number of cyclic esters (lactones) is 1. The summed E-state index contributed by atoms with van der Waals surface area (Å²) in [6, 6.07) is 4.62. The molecule has 0 aliphatic carbocycles. The van der Waals surface area contributed by atoms with Crippen LogP contribution in [0.15, 0.2) is 18.2 Å². The first-order valence-corrected chi connectivity index (χ1v) is 8.71. The Morgan fingerprint density at radius 1 is 1.48 bits per heavy atom. The van der Waals surface area contributed by atoms with Crippen LogP contribution in [-0.4, -0.2) is 73.2 Å². The Bertz CT molecular complexity index is 580. The molecular formula is C15H22FN3O3Sn. The monoisotopic (exact) mass is 431 g/mol. The third-order valence-corrected chi connectivity index (χ3v) is 4.47. The first kappa shape index (κ1) is 19.7. The van der Waals surface area contributed by atoms with Crippen molar-refractivity contribution in [1.29, 1.82) is 0 Å². The SMILES string of the molecule is CN(C)C.C[C@H](C(N)=O)C1CN(c2cc[c]([SnH])c(F)c2)C(=O)O1. The van der Waals surface area contributed by atoms with E-state index in [9.17, 15) is 14.0 Å². The zero-order valence-corrected chi connectivity index (χ0v) is 17.0. The molecule has 2 N–H and O–H groups in total. The van der Waals surface area contributed by atoms with Gasteiger partial charge in [-0.25, -0.2) is 0 Å². The first-order chi connectivity index (χ1) is 10.6. The van der Waals surface area contributed by atoms with Gasteiger partial charge in [0.25, 0.3) is 0 Å². The van der Waals surface area contributed by atoms with Crippen molar-refractivity contribution in [3.8, 4) is 0 Å². The molecule has 2 radical (unpaired) electrons. The van der Waals surface area contributed by atoms with Crippen LogP contribution in [0.5, 0.6) is 0 Å². The summed E-state index contributed by atoms with van der Waals surface area (Å²) in [6.07, 6.45) is -1.18. The fourth-order valence-electron chi connectivity index (χ4n) is 1.82. The van der Waals surface area contributed by atoms with Crippen molar-refractivity contribution in [3.63, 3.8) is 0 Å². The molecule has 126 valence electrons. The summed E-state index contributed by atoms with van der Waals surface area (Å²) in [5, 5.41) is 0. The fourth-order valence-corrected chi connectivity index (χ4v) is 2.34. The molecule has 1 aromatic rings. The molecule has 1 heterocycles. The number of primary amides is 1. The molecule has 6 nitrogen and oxygen atoms in total. The number of carbonyl (C=O) groups excluding carboxylic acids is 2. The summed E-state index contributed by atoms with van der Waals surface area (Å²) in [5.41, 5.74) is 5.62. The van der Waals surface area contributed by atoms with Crippen LogP contribution < -0.4 is 14.2 Å². The maximum atomic E-state index is 13.5. The van der Waals surface area contributed by atoms with Gasteiger partial charge in [-0.3, -0.25) is 0 Å². The van der Waals surface area contributed by atoms with Crippen LogP contribution >= 0.6 is 0 Å². The van der Waals surface area contributed by atoms with Gasteiger partial charge in [0.2, 0.25) is 0 Å². The molecule has 2 rings (SSSR count). The van der Waals surface area contributed by atoms with Crippen molar-refractivity contribution >= 4 is 43.8 Å². The zero-order valence-electron chi connectivity index (χ0n) is 13.7. The fraction of sp³-hybridized carbons (Fsp3) is 0.467. The zero-order chi connectivity index (χ0) is 17.7. The number of carbonyl (C=O) groups is 2. The van der Waals surface area contributed by atoms with E-state index in [4.69, 9.17) is 10.5 Å². The number of nitrogens with zero attached hydrogens (tertiary/aromatic N) is 2. The normalized spacial score (nSPS) is 18.3. The van der Waals surface area contributed by atoms with Gasteiger partial charge >= 0.3 is 123 Å². The first-order valence-electron chi connectivity index (χ1n) is 7.07. The third kappa shape index (κ3) is 5.65. The molecule has 1 fully saturated rings. The van der Waals surface area contributed by atoms with Crippen LogP contribution in [0.4, 0.5) is 14.9 Å². The number of halogens is 1. The molecule has 1 aliphatic rings. The average Bonchev–Trinajstić information content (AvgIpc) is 2.82. The molecule has 0 saturated carbocycles. The van der Waals surface area contributed by atoms with Crippen LogP contribution in [0.3, 0.4) is 0 Å². The number of rotatable bonds is 3. The van der Waals surface area contributed by atoms with Gasteiger partial charge in [-0.2, -0.15) is 0 Å². The quantitative estimate of drug-likeness (QED) is 0.685. The second-order valence-corrected chi connectivity index (χ2v) is 7.55. The van der Waals surface area contributed by atoms with Crippen LogP contribution in [0.25, 0.3) is 0 Å². The van der Waals surface area contributed by atoms with Crippen molar-refractivity contribution in [2.24, 2.45) is 11.7 Å².